The van der Waals surface area contributed by atoms with E-state index in [2.05, 4.69) is 10.6 Å². The molecule has 0 saturated carbocycles. The van der Waals surface area contributed by atoms with Crippen molar-refractivity contribution in [3.05, 3.63) is 39.2 Å². The molecule has 8 heteroatoms. The van der Waals surface area contributed by atoms with E-state index < -0.39 is 28.4 Å². The van der Waals surface area contributed by atoms with E-state index in [1.165, 1.54) is 6.92 Å². The summed E-state index contributed by atoms with van der Waals surface area (Å²) in [6.07, 6.45) is -0.575. The van der Waals surface area contributed by atoms with E-state index in [1.54, 1.807) is 0 Å². The van der Waals surface area contributed by atoms with Gasteiger partial charge >= 0.3 is 0 Å². The number of amides is 1. The van der Waals surface area contributed by atoms with Crippen molar-refractivity contribution < 1.29 is 19.2 Å². The fraction of sp³-hybridized carbons (Fsp3) is 0.462. The van der Waals surface area contributed by atoms with Crippen LogP contribution in [0, 0.1) is 28.8 Å². The Balaban J connectivity index is 2.16. The molecule has 1 amide bonds. The summed E-state index contributed by atoms with van der Waals surface area (Å²) in [4.78, 5) is 22.4. The zero-order valence-corrected chi connectivity index (χ0v) is 11.4. The molecule has 2 atom stereocenters. The first-order valence-corrected chi connectivity index (χ1v) is 6.51. The number of aliphatic hydroxyl groups is 1. The number of nitro groups is 1. The number of nitrogens with zero attached hydrogens (tertiary/aromatic N) is 1. The molecular weight excluding hydrogens is 281 g/mol. The van der Waals surface area contributed by atoms with Gasteiger partial charge in [-0.2, -0.15) is 0 Å². The molecule has 2 rings (SSSR count). The van der Waals surface area contributed by atoms with Crippen molar-refractivity contribution in [1.82, 2.24) is 10.6 Å². The number of aliphatic hydroxyl groups excluding tert-OH is 1. The Kier molecular flexibility index (Phi) is 4.49. The lowest BCUT2D eigenvalue weighted by Crippen LogP contribution is -2.34. The first-order valence-electron chi connectivity index (χ1n) is 6.51. The fourth-order valence-corrected chi connectivity index (χ4v) is 2.40. The molecular formula is C13H16FN3O4. The van der Waals surface area contributed by atoms with Gasteiger partial charge in [0, 0.05) is 31.1 Å². The predicted molar refractivity (Wildman–Crippen MR) is 72.5 cm³/mol. The number of aryl methyl sites for hydroxylation is 1. The molecule has 0 spiro atoms. The molecule has 1 aliphatic heterocycles. The number of carbonyl (C=O) groups is 1. The van der Waals surface area contributed by atoms with Crippen molar-refractivity contribution in [3.63, 3.8) is 0 Å². The number of halogens is 1. The van der Waals surface area contributed by atoms with Gasteiger partial charge in [0.2, 0.25) is 0 Å². The maximum atomic E-state index is 13.4. The Bertz CT molecular complexity index is 579. The van der Waals surface area contributed by atoms with Crippen molar-refractivity contribution in [2.45, 2.75) is 13.0 Å². The molecule has 7 nitrogen and oxygen atoms in total. The topological polar surface area (TPSA) is 104 Å². The summed E-state index contributed by atoms with van der Waals surface area (Å²) in [5, 5.41) is 26.1. The van der Waals surface area contributed by atoms with Crippen LogP contribution in [-0.2, 0) is 0 Å². The number of hydrogen-bond donors (Lipinski definition) is 3. The number of hydrogen-bond acceptors (Lipinski definition) is 5. The van der Waals surface area contributed by atoms with Crippen LogP contribution >= 0.6 is 0 Å². The summed E-state index contributed by atoms with van der Waals surface area (Å²) in [7, 11) is 0. The van der Waals surface area contributed by atoms with Gasteiger partial charge in [-0.25, -0.2) is 4.39 Å². The number of nitro benzene ring substituents is 1. The molecule has 3 N–H and O–H groups in total. The van der Waals surface area contributed by atoms with Gasteiger partial charge in [-0.05, 0) is 19.1 Å². The zero-order valence-electron chi connectivity index (χ0n) is 11.4. The van der Waals surface area contributed by atoms with Crippen molar-refractivity contribution in [1.29, 1.82) is 0 Å². The smallest absolute Gasteiger partial charge is 0.285 e. The minimum absolute atomic E-state index is 0.0905. The highest BCUT2D eigenvalue weighted by Gasteiger charge is 2.28. The SMILES string of the molecule is Cc1cc(F)cc(C(=O)NCC2CNCC2O)c1[N+](=O)[O-]. The fourth-order valence-electron chi connectivity index (χ4n) is 2.40. The van der Waals surface area contributed by atoms with E-state index in [1.807, 2.05) is 0 Å². The average molecular weight is 297 g/mol. The summed E-state index contributed by atoms with van der Waals surface area (Å²) in [6, 6.07) is 1.86. The highest BCUT2D eigenvalue weighted by molar-refractivity contribution is 5.98. The van der Waals surface area contributed by atoms with Crippen LogP contribution in [0.4, 0.5) is 10.1 Å². The second-order valence-corrected chi connectivity index (χ2v) is 5.07. The number of nitrogens with one attached hydrogen (secondary N) is 2. The van der Waals surface area contributed by atoms with Gasteiger partial charge in [0.1, 0.15) is 11.4 Å². The van der Waals surface area contributed by atoms with Gasteiger partial charge in [-0.1, -0.05) is 0 Å². The number of β-amino-alcohol motifs (C(OH)–C–C–N with tert-alkyl or cyclic N) is 1. The molecule has 0 bridgehead atoms. The van der Waals surface area contributed by atoms with E-state index >= 15 is 0 Å². The van der Waals surface area contributed by atoms with Crippen molar-refractivity contribution in [2.24, 2.45) is 5.92 Å². The normalized spacial score (nSPS) is 21.3. The first kappa shape index (κ1) is 15.3. The maximum absolute atomic E-state index is 13.4. The lowest BCUT2D eigenvalue weighted by molar-refractivity contribution is -0.385. The molecule has 21 heavy (non-hydrogen) atoms. The Morgan fingerprint density at radius 2 is 2.29 bits per heavy atom. The lowest BCUT2D eigenvalue weighted by atomic mass is 10.0. The van der Waals surface area contributed by atoms with Crippen LogP contribution in [0.15, 0.2) is 12.1 Å². The molecule has 1 aliphatic rings. The first-order chi connectivity index (χ1) is 9.90. The number of carbonyl (C=O) groups excluding carboxylic acids is 1. The predicted octanol–water partition coefficient (Wildman–Crippen LogP) is 0.352. The van der Waals surface area contributed by atoms with Gasteiger partial charge in [0.05, 0.1) is 11.0 Å². The van der Waals surface area contributed by atoms with E-state index in [0.29, 0.717) is 13.1 Å². The average Bonchev–Trinajstić information content (AvgIpc) is 2.80. The third-order valence-electron chi connectivity index (χ3n) is 3.52. The van der Waals surface area contributed by atoms with Crippen LogP contribution in [0.1, 0.15) is 15.9 Å². The highest BCUT2D eigenvalue weighted by atomic mass is 19.1. The van der Waals surface area contributed by atoms with Gasteiger partial charge in [-0.3, -0.25) is 14.9 Å². The summed E-state index contributed by atoms with van der Waals surface area (Å²) < 4.78 is 13.4. The van der Waals surface area contributed by atoms with Crippen LogP contribution in [0.3, 0.4) is 0 Å². The number of benzene rings is 1. The molecule has 1 aromatic rings. The quantitative estimate of drug-likeness (QED) is 0.549. The van der Waals surface area contributed by atoms with Crippen molar-refractivity contribution in [2.75, 3.05) is 19.6 Å². The largest absolute Gasteiger partial charge is 0.391 e. The lowest BCUT2D eigenvalue weighted by Gasteiger charge is -2.14. The van der Waals surface area contributed by atoms with Gasteiger partial charge in [0.15, 0.2) is 0 Å². The Hall–Kier alpha value is -2.06. The minimum atomic E-state index is -0.719. The van der Waals surface area contributed by atoms with Crippen molar-refractivity contribution in [3.8, 4) is 0 Å². The molecule has 1 aromatic carbocycles. The highest BCUT2D eigenvalue weighted by Crippen LogP contribution is 2.24. The van der Waals surface area contributed by atoms with Crippen LogP contribution in [0.5, 0.6) is 0 Å². The summed E-state index contributed by atoms with van der Waals surface area (Å²) in [5.74, 6) is -1.59. The van der Waals surface area contributed by atoms with Crippen LogP contribution in [0.2, 0.25) is 0 Å². The standard InChI is InChI=1S/C13H16FN3O4/c1-7-2-9(14)3-10(12(7)17(20)21)13(19)16-5-8-4-15-6-11(8)18/h2-3,8,11,15,18H,4-6H2,1H3,(H,16,19). The molecule has 0 radical (unpaired) electrons. The van der Waals surface area contributed by atoms with Crippen LogP contribution in [-0.4, -0.2) is 41.7 Å². The van der Waals surface area contributed by atoms with Gasteiger partial charge in [0.25, 0.3) is 11.6 Å². The second-order valence-electron chi connectivity index (χ2n) is 5.07. The van der Waals surface area contributed by atoms with Crippen LogP contribution in [0.25, 0.3) is 0 Å². The van der Waals surface area contributed by atoms with Gasteiger partial charge in [-0.15, -0.1) is 0 Å². The molecule has 0 aliphatic carbocycles. The third kappa shape index (κ3) is 3.34. The van der Waals surface area contributed by atoms with E-state index in [0.717, 1.165) is 12.1 Å². The maximum Gasteiger partial charge on any atom is 0.285 e. The van der Waals surface area contributed by atoms with Gasteiger partial charge < -0.3 is 15.7 Å². The molecule has 0 aromatic heterocycles. The summed E-state index contributed by atoms with van der Waals surface area (Å²) in [6.45, 7) is 2.54. The summed E-state index contributed by atoms with van der Waals surface area (Å²) in [5.41, 5.74) is -0.621. The Morgan fingerprint density at radius 1 is 1.57 bits per heavy atom. The monoisotopic (exact) mass is 297 g/mol. The molecule has 1 heterocycles. The second kappa shape index (κ2) is 6.15. The Labute approximate surface area is 120 Å². The van der Waals surface area contributed by atoms with Crippen molar-refractivity contribution >= 4 is 11.6 Å². The number of rotatable bonds is 4. The minimum Gasteiger partial charge on any atom is -0.391 e. The summed E-state index contributed by atoms with van der Waals surface area (Å²) >= 11 is 0. The van der Waals surface area contributed by atoms with E-state index in [-0.39, 0.29) is 23.6 Å². The van der Waals surface area contributed by atoms with E-state index in [9.17, 15) is 24.4 Å². The zero-order chi connectivity index (χ0) is 15.6. The molecule has 1 fully saturated rings. The van der Waals surface area contributed by atoms with Crippen LogP contribution < -0.4 is 10.6 Å². The molecule has 2 unspecified atom stereocenters. The Morgan fingerprint density at radius 3 is 2.86 bits per heavy atom. The third-order valence-corrected chi connectivity index (χ3v) is 3.52. The molecule has 114 valence electrons. The molecule has 1 saturated heterocycles. The van der Waals surface area contributed by atoms with E-state index in [4.69, 9.17) is 0 Å².